The summed E-state index contributed by atoms with van der Waals surface area (Å²) in [7, 11) is 0. The number of nitrogens with one attached hydrogen (secondary N) is 3. The molecule has 3 amide bonds. The fourth-order valence-corrected chi connectivity index (χ4v) is 3.50. The van der Waals surface area contributed by atoms with Crippen LogP contribution in [0.3, 0.4) is 0 Å². The summed E-state index contributed by atoms with van der Waals surface area (Å²) in [6.45, 7) is 0.223. The standard InChI is InChI=1S/C19H31N9O5/c20-12(3-1-5-24-19(21)22)16(30)25-9-15(29)27-13(7-11-8-23-10-26-11)17(31)28-6-2-4-14(28)18(32)33/h8,10,12-14H,1-7,9,20H2,(H,23,26)(H,25,30)(H,27,29)(H,32,33)(H4,21,22,24). The minimum Gasteiger partial charge on any atom is -0.480 e. The van der Waals surface area contributed by atoms with E-state index in [1.807, 2.05) is 0 Å². The number of hydrogen-bond acceptors (Lipinski definition) is 7. The van der Waals surface area contributed by atoms with E-state index in [0.717, 1.165) is 0 Å². The number of likely N-dealkylation sites (tertiary alicyclic amines) is 1. The van der Waals surface area contributed by atoms with Crippen LogP contribution in [-0.2, 0) is 25.6 Å². The molecule has 1 fully saturated rings. The van der Waals surface area contributed by atoms with Crippen LogP contribution in [0.15, 0.2) is 17.5 Å². The van der Waals surface area contributed by atoms with Gasteiger partial charge in [-0.3, -0.25) is 19.4 Å². The van der Waals surface area contributed by atoms with Crippen molar-refractivity contribution in [3.8, 4) is 0 Å². The maximum atomic E-state index is 13.0. The average Bonchev–Trinajstić information content (AvgIpc) is 3.45. The third kappa shape index (κ3) is 8.07. The lowest BCUT2D eigenvalue weighted by Crippen LogP contribution is -2.54. The summed E-state index contributed by atoms with van der Waals surface area (Å²) in [5, 5.41) is 14.4. The van der Waals surface area contributed by atoms with Crippen molar-refractivity contribution in [3.63, 3.8) is 0 Å². The summed E-state index contributed by atoms with van der Waals surface area (Å²) in [5.74, 6) is -2.79. The molecule has 2 rings (SSSR count). The monoisotopic (exact) mass is 465 g/mol. The Morgan fingerprint density at radius 2 is 2.09 bits per heavy atom. The summed E-state index contributed by atoms with van der Waals surface area (Å²) >= 11 is 0. The number of carbonyl (C=O) groups is 4. The highest BCUT2D eigenvalue weighted by atomic mass is 16.4. The normalized spacial score (nSPS) is 17.1. The molecule has 0 saturated carbocycles. The minimum absolute atomic E-state index is 0.0486. The lowest BCUT2D eigenvalue weighted by Gasteiger charge is -2.27. The van der Waals surface area contributed by atoms with Gasteiger partial charge in [-0.1, -0.05) is 0 Å². The maximum absolute atomic E-state index is 13.0. The Morgan fingerprint density at radius 3 is 2.73 bits per heavy atom. The number of carboxylic acids is 1. The van der Waals surface area contributed by atoms with Gasteiger partial charge in [-0.05, 0) is 25.7 Å². The van der Waals surface area contributed by atoms with Gasteiger partial charge in [0.25, 0.3) is 0 Å². The van der Waals surface area contributed by atoms with E-state index in [4.69, 9.17) is 17.2 Å². The molecule has 1 aliphatic heterocycles. The molecule has 10 N–H and O–H groups in total. The van der Waals surface area contributed by atoms with Crippen LogP contribution < -0.4 is 27.8 Å². The predicted molar refractivity (Wildman–Crippen MR) is 117 cm³/mol. The van der Waals surface area contributed by atoms with Gasteiger partial charge in [0.1, 0.15) is 12.1 Å². The number of nitrogens with two attached hydrogens (primary N) is 3. The molecule has 14 nitrogen and oxygen atoms in total. The number of imidazole rings is 1. The van der Waals surface area contributed by atoms with Gasteiger partial charge in [0.05, 0.1) is 18.9 Å². The molecule has 2 heterocycles. The second kappa shape index (κ2) is 12.4. The Morgan fingerprint density at radius 1 is 1.33 bits per heavy atom. The van der Waals surface area contributed by atoms with E-state index in [9.17, 15) is 24.3 Å². The quantitative estimate of drug-likeness (QED) is 0.0945. The number of H-pyrrole nitrogens is 1. The number of carboxylic acid groups (broad SMARTS) is 1. The number of nitrogens with zero attached hydrogens (tertiary/aromatic N) is 3. The SMILES string of the molecule is NC(N)=NCCCC(N)C(=O)NCC(=O)NC(Cc1cnc[nH]1)C(=O)N1CCCC1C(=O)O. The first-order chi connectivity index (χ1) is 15.7. The van der Waals surface area contributed by atoms with E-state index < -0.39 is 48.4 Å². The Labute approximate surface area is 190 Å². The number of guanidine groups is 1. The zero-order valence-corrected chi connectivity index (χ0v) is 18.2. The van der Waals surface area contributed by atoms with Crippen LogP contribution in [0.1, 0.15) is 31.4 Å². The number of hydrogen-bond donors (Lipinski definition) is 7. The smallest absolute Gasteiger partial charge is 0.326 e. The first-order valence-corrected chi connectivity index (χ1v) is 10.6. The molecule has 0 aromatic carbocycles. The van der Waals surface area contributed by atoms with E-state index in [2.05, 4.69) is 25.6 Å². The van der Waals surface area contributed by atoms with Crippen molar-refractivity contribution < 1.29 is 24.3 Å². The van der Waals surface area contributed by atoms with E-state index >= 15 is 0 Å². The highest BCUT2D eigenvalue weighted by Crippen LogP contribution is 2.19. The lowest BCUT2D eigenvalue weighted by atomic mass is 10.1. The fourth-order valence-electron chi connectivity index (χ4n) is 3.50. The van der Waals surface area contributed by atoms with Gasteiger partial charge in [0, 0.05) is 31.4 Å². The van der Waals surface area contributed by atoms with Crippen LogP contribution in [0.5, 0.6) is 0 Å². The predicted octanol–water partition coefficient (Wildman–Crippen LogP) is -2.99. The molecule has 14 heteroatoms. The highest BCUT2D eigenvalue weighted by molar-refractivity contribution is 5.93. The van der Waals surface area contributed by atoms with Gasteiger partial charge in [0.15, 0.2) is 5.96 Å². The number of aliphatic imine (C=N–C) groups is 1. The van der Waals surface area contributed by atoms with E-state index in [0.29, 0.717) is 37.9 Å². The van der Waals surface area contributed by atoms with Crippen molar-refractivity contribution in [2.75, 3.05) is 19.6 Å². The van der Waals surface area contributed by atoms with Crippen molar-refractivity contribution >= 4 is 29.7 Å². The van der Waals surface area contributed by atoms with E-state index in [-0.39, 0.29) is 18.9 Å². The molecule has 0 spiro atoms. The lowest BCUT2D eigenvalue weighted by molar-refractivity contribution is -0.149. The molecule has 182 valence electrons. The molecule has 3 unspecified atom stereocenters. The van der Waals surface area contributed by atoms with Gasteiger partial charge in [-0.25, -0.2) is 9.78 Å². The number of aromatic amines is 1. The molecule has 3 atom stereocenters. The van der Waals surface area contributed by atoms with Crippen molar-refractivity contribution in [1.29, 1.82) is 0 Å². The van der Waals surface area contributed by atoms with Crippen LogP contribution in [0.25, 0.3) is 0 Å². The number of amides is 3. The van der Waals surface area contributed by atoms with Crippen LogP contribution >= 0.6 is 0 Å². The first-order valence-electron chi connectivity index (χ1n) is 10.6. The van der Waals surface area contributed by atoms with Crippen LogP contribution in [0.2, 0.25) is 0 Å². The largest absolute Gasteiger partial charge is 0.480 e. The molecule has 0 bridgehead atoms. The van der Waals surface area contributed by atoms with E-state index in [1.54, 1.807) is 0 Å². The van der Waals surface area contributed by atoms with Gasteiger partial charge >= 0.3 is 5.97 Å². The summed E-state index contributed by atoms with van der Waals surface area (Å²) in [5.41, 5.74) is 16.8. The van der Waals surface area contributed by atoms with Gasteiger partial charge in [-0.15, -0.1) is 0 Å². The van der Waals surface area contributed by atoms with Gasteiger partial charge in [0.2, 0.25) is 17.7 Å². The van der Waals surface area contributed by atoms with Crippen LogP contribution in [0, 0.1) is 0 Å². The fraction of sp³-hybridized carbons (Fsp3) is 0.579. The third-order valence-electron chi connectivity index (χ3n) is 5.16. The first kappa shape index (κ1) is 25.6. The van der Waals surface area contributed by atoms with Crippen molar-refractivity contribution in [2.24, 2.45) is 22.2 Å². The molecule has 33 heavy (non-hydrogen) atoms. The number of aromatic nitrogens is 2. The number of carbonyl (C=O) groups excluding carboxylic acids is 3. The average molecular weight is 466 g/mol. The summed E-state index contributed by atoms with van der Waals surface area (Å²) in [4.78, 5) is 60.9. The highest BCUT2D eigenvalue weighted by Gasteiger charge is 2.37. The Hall–Kier alpha value is -3.68. The maximum Gasteiger partial charge on any atom is 0.326 e. The van der Waals surface area contributed by atoms with Crippen LogP contribution in [-0.4, -0.2) is 87.4 Å². The molecular weight excluding hydrogens is 434 g/mol. The minimum atomic E-state index is -1.09. The summed E-state index contributed by atoms with van der Waals surface area (Å²) < 4.78 is 0. The van der Waals surface area contributed by atoms with Gasteiger partial charge < -0.3 is 42.8 Å². The van der Waals surface area contributed by atoms with Gasteiger partial charge in [-0.2, -0.15) is 0 Å². The molecule has 1 aliphatic rings. The molecule has 1 aromatic rings. The summed E-state index contributed by atoms with van der Waals surface area (Å²) in [6, 6.07) is -2.81. The number of aliphatic carboxylic acids is 1. The second-order valence-electron chi connectivity index (χ2n) is 7.70. The molecule has 1 saturated heterocycles. The zero-order chi connectivity index (χ0) is 24.4. The topological polar surface area (TPSA) is 235 Å². The van der Waals surface area contributed by atoms with E-state index in [1.165, 1.54) is 17.4 Å². The zero-order valence-electron chi connectivity index (χ0n) is 18.2. The summed E-state index contributed by atoms with van der Waals surface area (Å²) in [6.07, 6.45) is 4.74. The van der Waals surface area contributed by atoms with Crippen molar-refractivity contribution in [2.45, 2.75) is 50.2 Å². The van der Waals surface area contributed by atoms with Crippen molar-refractivity contribution in [3.05, 3.63) is 18.2 Å². The molecule has 1 aromatic heterocycles. The Balaban J connectivity index is 1.92. The van der Waals surface area contributed by atoms with Crippen molar-refractivity contribution in [1.82, 2.24) is 25.5 Å². The third-order valence-corrected chi connectivity index (χ3v) is 5.16. The number of rotatable bonds is 12. The molecule has 0 aliphatic carbocycles. The molecule has 0 radical (unpaired) electrons. The molecular formula is C19H31N9O5. The van der Waals surface area contributed by atoms with Crippen LogP contribution in [0.4, 0.5) is 0 Å². The Kier molecular flexibility index (Phi) is 9.60. The Bertz CT molecular complexity index is 854. The second-order valence-corrected chi connectivity index (χ2v) is 7.70.